The lowest BCUT2D eigenvalue weighted by Gasteiger charge is -2.20. The van der Waals surface area contributed by atoms with Crippen molar-refractivity contribution in [3.05, 3.63) is 23.8 Å². The summed E-state index contributed by atoms with van der Waals surface area (Å²) < 4.78 is 0. The molecule has 1 aliphatic heterocycles. The molecule has 0 fully saturated rings. The molecule has 1 atom stereocenters. The molecule has 0 aliphatic carbocycles. The van der Waals surface area contributed by atoms with Crippen LogP contribution in [0.2, 0.25) is 0 Å². The molecule has 0 radical (unpaired) electrons. The van der Waals surface area contributed by atoms with Gasteiger partial charge in [-0.05, 0) is 24.1 Å². The number of hydrogen-bond donors (Lipinski definition) is 2. The van der Waals surface area contributed by atoms with E-state index in [0.717, 1.165) is 11.3 Å². The predicted molar refractivity (Wildman–Crippen MR) is 52.8 cm³/mol. The van der Waals surface area contributed by atoms with Crippen molar-refractivity contribution in [2.45, 2.75) is 11.8 Å². The average Bonchev–Trinajstić information content (AvgIpc) is 2.08. The summed E-state index contributed by atoms with van der Waals surface area (Å²) in [7, 11) is 0. The first-order valence-corrected chi connectivity index (χ1v) is 4.44. The molecule has 0 spiro atoms. The number of nitrogens with one attached hydrogen (secondary N) is 1. The van der Waals surface area contributed by atoms with Crippen LogP contribution in [0.15, 0.2) is 18.2 Å². The van der Waals surface area contributed by atoms with Crippen LogP contribution in [0, 0.1) is 0 Å². The predicted octanol–water partition coefficient (Wildman–Crippen LogP) is 1.37. The standard InChI is InChI=1S/C9H9ClN2O/c10-7-3-5-1-2-6(11)4-8(5)12-9(7)13/h1-2,4,7H,3,11H2,(H,12,13). The molecule has 4 heteroatoms. The number of benzene rings is 1. The third kappa shape index (κ3) is 1.47. The van der Waals surface area contributed by atoms with Gasteiger partial charge in [0.2, 0.25) is 5.91 Å². The summed E-state index contributed by atoms with van der Waals surface area (Å²) in [5.41, 5.74) is 8.04. The zero-order chi connectivity index (χ0) is 9.42. The summed E-state index contributed by atoms with van der Waals surface area (Å²) in [6.45, 7) is 0. The first kappa shape index (κ1) is 8.38. The summed E-state index contributed by atoms with van der Waals surface area (Å²) in [4.78, 5) is 11.2. The second-order valence-electron chi connectivity index (χ2n) is 3.08. The number of rotatable bonds is 0. The highest BCUT2D eigenvalue weighted by molar-refractivity contribution is 6.33. The molecule has 0 bridgehead atoms. The highest BCUT2D eigenvalue weighted by atomic mass is 35.5. The normalized spacial score (nSPS) is 20.7. The van der Waals surface area contributed by atoms with Gasteiger partial charge in [-0.15, -0.1) is 11.6 Å². The Hall–Kier alpha value is -1.22. The van der Waals surface area contributed by atoms with Crippen LogP contribution in [0.25, 0.3) is 0 Å². The third-order valence-electron chi connectivity index (χ3n) is 2.08. The van der Waals surface area contributed by atoms with Crippen molar-refractivity contribution in [3.8, 4) is 0 Å². The van der Waals surface area contributed by atoms with Crippen LogP contribution in [-0.2, 0) is 11.2 Å². The van der Waals surface area contributed by atoms with Crippen LogP contribution in [0.3, 0.4) is 0 Å². The summed E-state index contributed by atoms with van der Waals surface area (Å²) >= 11 is 5.79. The molecule has 1 heterocycles. The molecule has 3 N–H and O–H groups in total. The zero-order valence-corrected chi connectivity index (χ0v) is 7.64. The summed E-state index contributed by atoms with van der Waals surface area (Å²) in [6.07, 6.45) is 0.572. The Bertz CT molecular complexity index is 365. The van der Waals surface area contributed by atoms with Crippen LogP contribution in [0.4, 0.5) is 11.4 Å². The van der Waals surface area contributed by atoms with E-state index in [9.17, 15) is 4.79 Å². The maximum atomic E-state index is 11.2. The minimum absolute atomic E-state index is 0.153. The van der Waals surface area contributed by atoms with E-state index >= 15 is 0 Å². The first-order valence-electron chi connectivity index (χ1n) is 4.00. The van der Waals surface area contributed by atoms with Gasteiger partial charge in [-0.3, -0.25) is 4.79 Å². The lowest BCUT2D eigenvalue weighted by atomic mass is 10.0. The van der Waals surface area contributed by atoms with Crippen LogP contribution >= 0.6 is 11.6 Å². The number of hydrogen-bond acceptors (Lipinski definition) is 2. The molecule has 13 heavy (non-hydrogen) atoms. The summed E-state index contributed by atoms with van der Waals surface area (Å²) in [5, 5.41) is 2.24. The molecule has 1 amide bonds. The molecule has 0 aromatic heterocycles. The minimum Gasteiger partial charge on any atom is -0.399 e. The second kappa shape index (κ2) is 2.92. The van der Waals surface area contributed by atoms with E-state index in [-0.39, 0.29) is 5.91 Å². The molecular weight excluding hydrogens is 188 g/mol. The Kier molecular flexibility index (Phi) is 1.88. The number of alkyl halides is 1. The van der Waals surface area contributed by atoms with E-state index in [4.69, 9.17) is 17.3 Å². The molecule has 3 nitrogen and oxygen atoms in total. The number of fused-ring (bicyclic) bond motifs is 1. The maximum Gasteiger partial charge on any atom is 0.242 e. The van der Waals surface area contributed by atoms with E-state index in [1.807, 2.05) is 6.07 Å². The van der Waals surface area contributed by atoms with Gasteiger partial charge in [0.25, 0.3) is 0 Å². The molecule has 2 rings (SSSR count). The Labute approximate surface area is 80.9 Å². The fourth-order valence-electron chi connectivity index (χ4n) is 1.39. The van der Waals surface area contributed by atoms with Crippen LogP contribution in [0.1, 0.15) is 5.56 Å². The Morgan fingerprint density at radius 2 is 2.31 bits per heavy atom. The van der Waals surface area contributed by atoms with Gasteiger partial charge in [-0.1, -0.05) is 6.07 Å². The van der Waals surface area contributed by atoms with Crippen molar-refractivity contribution in [3.63, 3.8) is 0 Å². The quantitative estimate of drug-likeness (QED) is 0.487. The van der Waals surface area contributed by atoms with Crippen LogP contribution < -0.4 is 11.1 Å². The van der Waals surface area contributed by atoms with Crippen molar-refractivity contribution in [1.29, 1.82) is 0 Å². The first-order chi connectivity index (χ1) is 6.16. The van der Waals surface area contributed by atoms with Crippen molar-refractivity contribution < 1.29 is 4.79 Å². The number of carbonyl (C=O) groups is 1. The van der Waals surface area contributed by atoms with Gasteiger partial charge in [0.1, 0.15) is 5.38 Å². The number of amides is 1. The summed E-state index contributed by atoms with van der Waals surface area (Å²) in [5.74, 6) is -0.153. The van der Waals surface area contributed by atoms with Crippen molar-refractivity contribution >= 4 is 28.9 Å². The van der Waals surface area contributed by atoms with E-state index in [1.54, 1.807) is 12.1 Å². The Morgan fingerprint density at radius 3 is 3.08 bits per heavy atom. The van der Waals surface area contributed by atoms with Crippen LogP contribution in [-0.4, -0.2) is 11.3 Å². The average molecular weight is 197 g/mol. The number of nitrogens with two attached hydrogens (primary N) is 1. The highest BCUT2D eigenvalue weighted by Crippen LogP contribution is 2.26. The van der Waals surface area contributed by atoms with Crippen molar-refractivity contribution in [1.82, 2.24) is 0 Å². The molecule has 1 unspecified atom stereocenters. The second-order valence-corrected chi connectivity index (χ2v) is 3.60. The fraction of sp³-hybridized carbons (Fsp3) is 0.222. The molecule has 1 aliphatic rings. The highest BCUT2D eigenvalue weighted by Gasteiger charge is 2.23. The van der Waals surface area contributed by atoms with E-state index in [1.165, 1.54) is 0 Å². The fourth-order valence-corrected chi connectivity index (χ4v) is 1.61. The van der Waals surface area contributed by atoms with Crippen molar-refractivity contribution in [2.24, 2.45) is 0 Å². The Morgan fingerprint density at radius 1 is 1.54 bits per heavy atom. The molecule has 0 saturated heterocycles. The number of nitrogen functional groups attached to an aromatic ring is 1. The molecular formula is C9H9ClN2O. The van der Waals surface area contributed by atoms with Gasteiger partial charge in [-0.25, -0.2) is 0 Å². The van der Waals surface area contributed by atoms with Crippen LogP contribution in [0.5, 0.6) is 0 Å². The SMILES string of the molecule is Nc1ccc2c(c1)NC(=O)C(Cl)C2. The third-order valence-corrected chi connectivity index (χ3v) is 2.43. The van der Waals surface area contributed by atoms with E-state index in [0.29, 0.717) is 12.1 Å². The largest absolute Gasteiger partial charge is 0.399 e. The molecule has 1 aromatic carbocycles. The van der Waals surface area contributed by atoms with Gasteiger partial charge < -0.3 is 11.1 Å². The van der Waals surface area contributed by atoms with E-state index < -0.39 is 5.38 Å². The number of anilines is 2. The number of halogens is 1. The lowest BCUT2D eigenvalue weighted by molar-refractivity contribution is -0.116. The van der Waals surface area contributed by atoms with E-state index in [2.05, 4.69) is 5.32 Å². The zero-order valence-electron chi connectivity index (χ0n) is 6.88. The van der Waals surface area contributed by atoms with Gasteiger partial charge >= 0.3 is 0 Å². The lowest BCUT2D eigenvalue weighted by Crippen LogP contribution is -2.30. The maximum absolute atomic E-state index is 11.2. The van der Waals surface area contributed by atoms with Gasteiger partial charge in [0.05, 0.1) is 0 Å². The smallest absolute Gasteiger partial charge is 0.242 e. The van der Waals surface area contributed by atoms with Crippen molar-refractivity contribution in [2.75, 3.05) is 11.1 Å². The monoisotopic (exact) mass is 196 g/mol. The molecule has 1 aromatic rings. The molecule has 68 valence electrons. The topological polar surface area (TPSA) is 55.1 Å². The van der Waals surface area contributed by atoms with Gasteiger partial charge in [0, 0.05) is 11.4 Å². The van der Waals surface area contributed by atoms with Gasteiger partial charge in [-0.2, -0.15) is 0 Å². The Balaban J connectivity index is 2.42. The van der Waals surface area contributed by atoms with Gasteiger partial charge in [0.15, 0.2) is 0 Å². The number of carbonyl (C=O) groups excluding carboxylic acids is 1. The summed E-state index contributed by atoms with van der Waals surface area (Å²) in [6, 6.07) is 5.44. The molecule has 0 saturated carbocycles. The minimum atomic E-state index is -0.462.